The molecule has 1 saturated heterocycles. The highest BCUT2D eigenvalue weighted by Crippen LogP contribution is 2.51. The van der Waals surface area contributed by atoms with Crippen molar-refractivity contribution >= 4 is 0 Å². The molecule has 0 radical (unpaired) electrons. The van der Waals surface area contributed by atoms with Gasteiger partial charge in [0.1, 0.15) is 0 Å². The van der Waals surface area contributed by atoms with Crippen molar-refractivity contribution in [2.24, 2.45) is 17.3 Å². The van der Waals surface area contributed by atoms with Gasteiger partial charge >= 0.3 is 0 Å². The molecule has 3 aliphatic rings. The number of fused-ring (bicyclic) bond motifs is 1. The number of hydrogen-bond donors (Lipinski definition) is 1. The lowest BCUT2D eigenvalue weighted by atomic mass is 9.55. The van der Waals surface area contributed by atoms with Gasteiger partial charge in [0.2, 0.25) is 0 Å². The lowest BCUT2D eigenvalue weighted by Crippen LogP contribution is -2.69. The molecule has 0 aromatic carbocycles. The Hall–Kier alpha value is -0.0800. The Morgan fingerprint density at radius 2 is 2.00 bits per heavy atom. The fourth-order valence-corrected chi connectivity index (χ4v) is 3.93. The van der Waals surface area contributed by atoms with Crippen LogP contribution in [0.4, 0.5) is 0 Å². The van der Waals surface area contributed by atoms with Gasteiger partial charge in [-0.05, 0) is 38.1 Å². The van der Waals surface area contributed by atoms with Gasteiger partial charge in [-0.2, -0.15) is 0 Å². The highest BCUT2D eigenvalue weighted by Gasteiger charge is 2.57. The van der Waals surface area contributed by atoms with Crippen molar-refractivity contribution in [1.82, 2.24) is 5.32 Å². The number of ether oxygens (including phenoxy) is 1. The van der Waals surface area contributed by atoms with Gasteiger partial charge in [0.05, 0.1) is 6.10 Å². The molecule has 0 aromatic heterocycles. The van der Waals surface area contributed by atoms with Gasteiger partial charge in [-0.25, -0.2) is 0 Å². The molecule has 3 fully saturated rings. The molecule has 2 nitrogen and oxygen atoms in total. The van der Waals surface area contributed by atoms with Gasteiger partial charge in [-0.3, -0.25) is 0 Å². The second kappa shape index (κ2) is 3.99. The summed E-state index contributed by atoms with van der Waals surface area (Å²) >= 11 is 0. The Bertz CT molecular complexity index is 259. The minimum absolute atomic E-state index is 0.356. The number of hydrogen-bond acceptors (Lipinski definition) is 2. The topological polar surface area (TPSA) is 21.3 Å². The molecule has 2 aliphatic carbocycles. The minimum Gasteiger partial charge on any atom is -0.377 e. The smallest absolute Gasteiger partial charge is 0.0684 e. The molecule has 1 heterocycles. The molecule has 92 valence electrons. The molecule has 0 amide bonds. The van der Waals surface area contributed by atoms with Crippen molar-refractivity contribution in [2.45, 2.75) is 58.1 Å². The van der Waals surface area contributed by atoms with E-state index in [1.165, 1.54) is 38.6 Å². The van der Waals surface area contributed by atoms with Crippen molar-refractivity contribution in [1.29, 1.82) is 0 Å². The maximum atomic E-state index is 5.93. The first-order chi connectivity index (χ1) is 7.69. The Balaban J connectivity index is 1.56. The van der Waals surface area contributed by atoms with Crippen molar-refractivity contribution in [3.05, 3.63) is 0 Å². The molecule has 16 heavy (non-hydrogen) atoms. The summed E-state index contributed by atoms with van der Waals surface area (Å²) in [5.41, 5.74) is 0.356. The van der Waals surface area contributed by atoms with Crippen LogP contribution in [0.25, 0.3) is 0 Å². The van der Waals surface area contributed by atoms with Gasteiger partial charge in [-0.1, -0.05) is 20.3 Å². The zero-order valence-electron chi connectivity index (χ0n) is 10.7. The summed E-state index contributed by atoms with van der Waals surface area (Å²) in [4.78, 5) is 0. The molecule has 0 spiro atoms. The monoisotopic (exact) mass is 223 g/mol. The predicted octanol–water partition coefficient (Wildman–Crippen LogP) is 2.58. The lowest BCUT2D eigenvalue weighted by molar-refractivity contribution is -0.193. The molecule has 3 unspecified atom stereocenters. The quantitative estimate of drug-likeness (QED) is 0.794. The fourth-order valence-electron chi connectivity index (χ4n) is 3.93. The zero-order valence-corrected chi connectivity index (χ0v) is 10.7. The Morgan fingerprint density at radius 1 is 1.19 bits per heavy atom. The van der Waals surface area contributed by atoms with Gasteiger partial charge in [0.25, 0.3) is 0 Å². The first-order valence-electron chi connectivity index (χ1n) is 7.04. The van der Waals surface area contributed by atoms with E-state index in [0.717, 1.165) is 18.4 Å². The second-order valence-corrected chi connectivity index (χ2v) is 6.60. The number of rotatable bonds is 3. The van der Waals surface area contributed by atoms with E-state index in [-0.39, 0.29) is 0 Å². The third-order valence-electron chi connectivity index (χ3n) is 5.18. The average Bonchev–Trinajstić information content (AvgIpc) is 2.21. The molecule has 0 aromatic rings. The van der Waals surface area contributed by atoms with Crippen molar-refractivity contribution in [2.75, 3.05) is 13.2 Å². The summed E-state index contributed by atoms with van der Waals surface area (Å²) in [7, 11) is 0. The van der Waals surface area contributed by atoms with Crippen molar-refractivity contribution < 1.29 is 4.74 Å². The fraction of sp³-hybridized carbons (Fsp3) is 1.00. The summed E-state index contributed by atoms with van der Waals surface area (Å²) in [5, 5.41) is 3.83. The van der Waals surface area contributed by atoms with Gasteiger partial charge in [-0.15, -0.1) is 0 Å². The summed E-state index contributed by atoms with van der Waals surface area (Å²) in [6.07, 6.45) is 7.51. The van der Waals surface area contributed by atoms with E-state index in [1.807, 2.05) is 0 Å². The van der Waals surface area contributed by atoms with Crippen LogP contribution in [0.3, 0.4) is 0 Å². The molecule has 1 N–H and O–H groups in total. The van der Waals surface area contributed by atoms with Crippen LogP contribution in [0.15, 0.2) is 0 Å². The van der Waals surface area contributed by atoms with Crippen LogP contribution < -0.4 is 5.32 Å². The third-order valence-corrected chi connectivity index (χ3v) is 5.18. The highest BCUT2D eigenvalue weighted by molar-refractivity contribution is 5.10. The van der Waals surface area contributed by atoms with E-state index < -0.39 is 0 Å². The summed E-state index contributed by atoms with van der Waals surface area (Å²) in [6, 6.07) is 0.707. The van der Waals surface area contributed by atoms with Crippen molar-refractivity contribution in [3.8, 4) is 0 Å². The molecule has 3 atom stereocenters. The van der Waals surface area contributed by atoms with Crippen LogP contribution in [0.5, 0.6) is 0 Å². The van der Waals surface area contributed by atoms with Gasteiger partial charge in [0.15, 0.2) is 0 Å². The molecule has 0 bridgehead atoms. The highest BCUT2D eigenvalue weighted by atomic mass is 16.5. The van der Waals surface area contributed by atoms with Gasteiger partial charge < -0.3 is 10.1 Å². The standard InChI is InChI=1S/C14H25NO/c1-14(2)12(15-9-10-5-3-6-10)11-7-4-8-16-13(11)14/h10-13,15H,3-9H2,1-2H3. The summed E-state index contributed by atoms with van der Waals surface area (Å²) < 4.78 is 5.93. The molecular weight excluding hydrogens is 198 g/mol. The van der Waals surface area contributed by atoms with Crippen molar-refractivity contribution in [3.63, 3.8) is 0 Å². The van der Waals surface area contributed by atoms with Crippen LogP contribution >= 0.6 is 0 Å². The van der Waals surface area contributed by atoms with Crippen LogP contribution in [0.2, 0.25) is 0 Å². The Labute approximate surface area is 99.1 Å². The van der Waals surface area contributed by atoms with E-state index in [1.54, 1.807) is 0 Å². The van der Waals surface area contributed by atoms with E-state index in [0.29, 0.717) is 17.6 Å². The SMILES string of the molecule is CC1(C)C(NCC2CCC2)C2CCCOC21. The Morgan fingerprint density at radius 3 is 2.69 bits per heavy atom. The number of nitrogens with one attached hydrogen (secondary N) is 1. The summed E-state index contributed by atoms with van der Waals surface area (Å²) in [5.74, 6) is 1.77. The predicted molar refractivity (Wildman–Crippen MR) is 65.4 cm³/mol. The maximum absolute atomic E-state index is 5.93. The summed E-state index contributed by atoms with van der Waals surface area (Å²) in [6.45, 7) is 6.98. The maximum Gasteiger partial charge on any atom is 0.0684 e. The van der Waals surface area contributed by atoms with Crippen LogP contribution in [0, 0.1) is 17.3 Å². The van der Waals surface area contributed by atoms with E-state index in [4.69, 9.17) is 4.74 Å². The van der Waals surface area contributed by atoms with Crippen LogP contribution in [-0.2, 0) is 4.74 Å². The average molecular weight is 223 g/mol. The van der Waals surface area contributed by atoms with Gasteiger partial charge in [0, 0.05) is 24.0 Å². The third kappa shape index (κ3) is 1.62. The second-order valence-electron chi connectivity index (χ2n) is 6.60. The first-order valence-corrected chi connectivity index (χ1v) is 7.04. The zero-order chi connectivity index (χ0) is 11.2. The molecule has 2 saturated carbocycles. The molecule has 2 heteroatoms. The molecule has 3 rings (SSSR count). The first kappa shape index (κ1) is 11.0. The van der Waals surface area contributed by atoms with E-state index >= 15 is 0 Å². The molecular formula is C14H25NO. The Kier molecular flexibility index (Phi) is 2.75. The minimum atomic E-state index is 0.356. The largest absolute Gasteiger partial charge is 0.377 e. The molecule has 1 aliphatic heterocycles. The van der Waals surface area contributed by atoms with E-state index in [2.05, 4.69) is 19.2 Å². The van der Waals surface area contributed by atoms with Crippen LogP contribution in [-0.4, -0.2) is 25.3 Å². The van der Waals surface area contributed by atoms with Crippen LogP contribution in [0.1, 0.15) is 46.0 Å². The normalized spacial score (nSPS) is 42.0. The van der Waals surface area contributed by atoms with E-state index in [9.17, 15) is 0 Å². The lowest BCUT2D eigenvalue weighted by Gasteiger charge is -2.60.